The Morgan fingerprint density at radius 3 is 2.60 bits per heavy atom. The van der Waals surface area contributed by atoms with Crippen LogP contribution in [0, 0.1) is 5.92 Å². The molecule has 0 aromatic carbocycles. The molecule has 85 valence electrons. The van der Waals surface area contributed by atoms with Crippen molar-refractivity contribution in [3.8, 4) is 0 Å². The summed E-state index contributed by atoms with van der Waals surface area (Å²) in [5.74, 6) is 0.762. The molecule has 0 bridgehead atoms. The van der Waals surface area contributed by atoms with Gasteiger partial charge in [0.05, 0.1) is 0 Å². The summed E-state index contributed by atoms with van der Waals surface area (Å²) in [6, 6.07) is 0.374. The fourth-order valence-electron chi connectivity index (χ4n) is 2.57. The van der Waals surface area contributed by atoms with Gasteiger partial charge in [0.15, 0.2) is 0 Å². The van der Waals surface area contributed by atoms with Crippen LogP contribution in [0.4, 0.5) is 0 Å². The maximum absolute atomic E-state index is 11.9. The quantitative estimate of drug-likeness (QED) is 0.735. The lowest BCUT2D eigenvalue weighted by molar-refractivity contribution is -0.123. The molecule has 2 atom stereocenters. The van der Waals surface area contributed by atoms with Crippen LogP contribution in [0.3, 0.4) is 0 Å². The van der Waals surface area contributed by atoms with Gasteiger partial charge in [-0.05, 0) is 25.2 Å². The van der Waals surface area contributed by atoms with Crippen LogP contribution >= 0.6 is 0 Å². The fraction of sp³-hybridized carbons (Fsp3) is 0.917. The Labute approximate surface area is 92.0 Å². The zero-order valence-corrected chi connectivity index (χ0v) is 9.54. The lowest BCUT2D eigenvalue weighted by Gasteiger charge is -2.24. The van der Waals surface area contributed by atoms with E-state index >= 15 is 0 Å². The number of carbonyl (C=O) groups excluding carboxylic acids is 1. The average molecular weight is 209 g/mol. The summed E-state index contributed by atoms with van der Waals surface area (Å²) in [6.07, 6.45) is 7.13. The molecule has 1 aliphatic carbocycles. The summed E-state index contributed by atoms with van der Waals surface area (Å²) in [5.41, 5.74) is 0. The van der Waals surface area contributed by atoms with Crippen molar-refractivity contribution in [3.63, 3.8) is 0 Å². The largest absolute Gasteiger partial charge is 0.352 e. The molecule has 1 N–H and O–H groups in total. The van der Waals surface area contributed by atoms with Crippen molar-refractivity contribution in [1.82, 2.24) is 10.6 Å². The Morgan fingerprint density at radius 1 is 1.27 bits per heavy atom. The second-order valence-electron chi connectivity index (χ2n) is 5.07. The summed E-state index contributed by atoms with van der Waals surface area (Å²) >= 11 is 0. The third-order valence-electron chi connectivity index (χ3n) is 3.52. The Bertz CT molecular complexity index is 224. The van der Waals surface area contributed by atoms with Gasteiger partial charge in [0, 0.05) is 12.6 Å². The van der Waals surface area contributed by atoms with Gasteiger partial charge in [-0.25, -0.2) is 5.32 Å². The zero-order chi connectivity index (χ0) is 10.7. The Balaban J connectivity index is 1.76. The van der Waals surface area contributed by atoms with E-state index in [-0.39, 0.29) is 11.9 Å². The van der Waals surface area contributed by atoms with Gasteiger partial charge in [-0.1, -0.05) is 26.2 Å². The van der Waals surface area contributed by atoms with Crippen LogP contribution in [-0.2, 0) is 4.79 Å². The molecule has 2 aliphatic rings. The van der Waals surface area contributed by atoms with Crippen LogP contribution in [0.2, 0.25) is 0 Å². The maximum Gasteiger partial charge on any atom is 0.239 e. The van der Waals surface area contributed by atoms with Crippen molar-refractivity contribution in [3.05, 3.63) is 0 Å². The van der Waals surface area contributed by atoms with Crippen molar-refractivity contribution in [2.45, 2.75) is 57.5 Å². The van der Waals surface area contributed by atoms with E-state index in [0.717, 1.165) is 25.8 Å². The van der Waals surface area contributed by atoms with Gasteiger partial charge in [0.2, 0.25) is 5.91 Å². The van der Waals surface area contributed by atoms with Gasteiger partial charge in [-0.2, -0.15) is 0 Å². The first-order valence-corrected chi connectivity index (χ1v) is 6.22. The van der Waals surface area contributed by atoms with Crippen LogP contribution in [-0.4, -0.2) is 24.5 Å². The molecule has 1 saturated heterocycles. The van der Waals surface area contributed by atoms with E-state index in [1.54, 1.807) is 0 Å². The first-order valence-electron chi connectivity index (χ1n) is 6.22. The van der Waals surface area contributed by atoms with E-state index in [1.807, 2.05) is 0 Å². The number of amides is 1. The first-order chi connectivity index (χ1) is 7.25. The highest BCUT2D eigenvalue weighted by Gasteiger charge is 2.29. The Hall–Kier alpha value is -0.570. The molecule has 1 aliphatic heterocycles. The number of carbonyl (C=O) groups is 1. The van der Waals surface area contributed by atoms with Crippen LogP contribution < -0.4 is 10.6 Å². The molecule has 3 nitrogen and oxygen atoms in total. The Morgan fingerprint density at radius 2 is 2.00 bits per heavy atom. The lowest BCUT2D eigenvalue weighted by atomic mass is 9.95. The van der Waals surface area contributed by atoms with Gasteiger partial charge in [-0.3, -0.25) is 4.79 Å². The molecule has 0 spiro atoms. The van der Waals surface area contributed by atoms with E-state index in [2.05, 4.69) is 17.6 Å². The Kier molecular flexibility index (Phi) is 3.62. The van der Waals surface area contributed by atoms with Crippen molar-refractivity contribution in [1.29, 1.82) is 0 Å². The van der Waals surface area contributed by atoms with Crippen LogP contribution in [0.1, 0.15) is 45.4 Å². The van der Waals surface area contributed by atoms with Gasteiger partial charge < -0.3 is 5.32 Å². The predicted molar refractivity (Wildman–Crippen MR) is 59.6 cm³/mol. The lowest BCUT2D eigenvalue weighted by Crippen LogP contribution is -2.43. The van der Waals surface area contributed by atoms with Crippen molar-refractivity contribution in [2.75, 3.05) is 6.54 Å². The smallest absolute Gasteiger partial charge is 0.239 e. The molecule has 1 saturated carbocycles. The van der Waals surface area contributed by atoms with E-state index in [4.69, 9.17) is 0 Å². The number of hydrogen-bond acceptors (Lipinski definition) is 1. The van der Waals surface area contributed by atoms with Crippen molar-refractivity contribution < 1.29 is 4.79 Å². The van der Waals surface area contributed by atoms with Gasteiger partial charge in [0.25, 0.3) is 0 Å². The first kappa shape index (κ1) is 10.9. The van der Waals surface area contributed by atoms with Gasteiger partial charge in [-0.15, -0.1) is 0 Å². The van der Waals surface area contributed by atoms with Gasteiger partial charge in [0.1, 0.15) is 6.04 Å². The van der Waals surface area contributed by atoms with Crippen molar-refractivity contribution >= 4 is 5.91 Å². The van der Waals surface area contributed by atoms with E-state index < -0.39 is 0 Å². The van der Waals surface area contributed by atoms with Crippen LogP contribution in [0.5, 0.6) is 0 Å². The number of nitrogens with zero attached hydrogens (tertiary/aromatic N) is 1. The second kappa shape index (κ2) is 4.97. The molecule has 1 radical (unpaired) electrons. The van der Waals surface area contributed by atoms with E-state index in [1.165, 1.54) is 19.3 Å². The molecule has 15 heavy (non-hydrogen) atoms. The second-order valence-corrected chi connectivity index (χ2v) is 5.07. The summed E-state index contributed by atoms with van der Waals surface area (Å²) in [6.45, 7) is 3.03. The SMILES string of the molecule is CC1C[N]C(C(=O)NC2CCCCC2)C1. The van der Waals surface area contributed by atoms with E-state index in [0.29, 0.717) is 12.0 Å². The molecule has 0 aromatic rings. The highest BCUT2D eigenvalue weighted by Crippen LogP contribution is 2.19. The third-order valence-corrected chi connectivity index (χ3v) is 3.52. The monoisotopic (exact) mass is 209 g/mol. The molecular formula is C12H21N2O. The minimum absolute atomic E-state index is 0.0538. The standard InChI is InChI=1S/C12H21N2O/c1-9-7-11(13-8-9)12(15)14-10-5-3-2-4-6-10/h9-11H,2-8H2,1H3,(H,14,15). The highest BCUT2D eigenvalue weighted by molar-refractivity contribution is 5.82. The number of nitrogens with one attached hydrogen (secondary N) is 1. The van der Waals surface area contributed by atoms with E-state index in [9.17, 15) is 4.79 Å². The summed E-state index contributed by atoms with van der Waals surface area (Å²) in [7, 11) is 0. The molecule has 0 aromatic heterocycles. The predicted octanol–water partition coefficient (Wildman–Crippen LogP) is 1.45. The third kappa shape index (κ3) is 2.94. The summed E-state index contributed by atoms with van der Waals surface area (Å²) in [5, 5.41) is 7.52. The molecule has 1 amide bonds. The summed E-state index contributed by atoms with van der Waals surface area (Å²) < 4.78 is 0. The topological polar surface area (TPSA) is 43.2 Å². The molecule has 2 rings (SSSR count). The minimum atomic E-state index is -0.0538. The molecular weight excluding hydrogens is 188 g/mol. The van der Waals surface area contributed by atoms with Gasteiger partial charge >= 0.3 is 0 Å². The average Bonchev–Trinajstić information content (AvgIpc) is 2.66. The molecule has 2 unspecified atom stereocenters. The van der Waals surface area contributed by atoms with Crippen LogP contribution in [0.25, 0.3) is 0 Å². The highest BCUT2D eigenvalue weighted by atomic mass is 16.2. The normalized spacial score (nSPS) is 32.9. The van der Waals surface area contributed by atoms with Crippen molar-refractivity contribution in [2.24, 2.45) is 5.92 Å². The summed E-state index contributed by atoms with van der Waals surface area (Å²) in [4.78, 5) is 11.9. The molecule has 1 heterocycles. The van der Waals surface area contributed by atoms with Crippen LogP contribution in [0.15, 0.2) is 0 Å². The maximum atomic E-state index is 11.9. The number of hydrogen-bond donors (Lipinski definition) is 1. The minimum Gasteiger partial charge on any atom is -0.352 e. The fourth-order valence-corrected chi connectivity index (χ4v) is 2.57. The zero-order valence-electron chi connectivity index (χ0n) is 9.54. The number of rotatable bonds is 2. The molecule has 3 heteroatoms. The molecule has 2 fully saturated rings.